The fourth-order valence-electron chi connectivity index (χ4n) is 2.01. The van der Waals surface area contributed by atoms with Gasteiger partial charge in [0.05, 0.1) is 11.0 Å². The van der Waals surface area contributed by atoms with E-state index in [1.165, 1.54) is 12.1 Å². The third-order valence-corrected chi connectivity index (χ3v) is 5.34. The van der Waals surface area contributed by atoms with Crippen molar-refractivity contribution >= 4 is 9.84 Å². The minimum absolute atomic E-state index is 0.0327. The van der Waals surface area contributed by atoms with Crippen molar-refractivity contribution in [3.8, 4) is 5.75 Å². The van der Waals surface area contributed by atoms with Crippen molar-refractivity contribution in [2.45, 2.75) is 24.8 Å². The van der Waals surface area contributed by atoms with E-state index >= 15 is 0 Å². The number of hydrogen-bond donors (Lipinski definition) is 1. The SMILES string of the molecule is CC1CNC(c2cccc(OC(F)F)c2)CS1(=O)=O. The molecule has 1 aromatic rings. The first-order valence-electron chi connectivity index (χ1n) is 5.88. The molecule has 0 aromatic heterocycles. The van der Waals surface area contributed by atoms with Crippen molar-refractivity contribution in [2.24, 2.45) is 0 Å². The first-order chi connectivity index (χ1) is 8.88. The minimum Gasteiger partial charge on any atom is -0.435 e. The molecule has 1 N–H and O–H groups in total. The molecule has 106 valence electrons. The van der Waals surface area contributed by atoms with Gasteiger partial charge in [0.2, 0.25) is 0 Å². The molecule has 2 unspecified atom stereocenters. The zero-order valence-electron chi connectivity index (χ0n) is 10.3. The van der Waals surface area contributed by atoms with Gasteiger partial charge in [-0.1, -0.05) is 12.1 Å². The summed E-state index contributed by atoms with van der Waals surface area (Å²) in [4.78, 5) is 0. The predicted octanol–water partition coefficient (Wildman–Crippen LogP) is 1.74. The van der Waals surface area contributed by atoms with Crippen molar-refractivity contribution in [2.75, 3.05) is 12.3 Å². The summed E-state index contributed by atoms with van der Waals surface area (Å²) in [6, 6.07) is 5.73. The van der Waals surface area contributed by atoms with Crippen LogP contribution in [-0.2, 0) is 9.84 Å². The van der Waals surface area contributed by atoms with Gasteiger partial charge >= 0.3 is 6.61 Å². The molecule has 4 nitrogen and oxygen atoms in total. The highest BCUT2D eigenvalue weighted by atomic mass is 32.2. The fraction of sp³-hybridized carbons (Fsp3) is 0.500. The Bertz CT molecular complexity index is 548. The van der Waals surface area contributed by atoms with Crippen LogP contribution in [-0.4, -0.2) is 32.6 Å². The Morgan fingerprint density at radius 3 is 2.79 bits per heavy atom. The molecule has 1 aromatic carbocycles. The van der Waals surface area contributed by atoms with Gasteiger partial charge < -0.3 is 10.1 Å². The second-order valence-corrected chi connectivity index (χ2v) is 7.02. The third-order valence-electron chi connectivity index (χ3n) is 3.15. The van der Waals surface area contributed by atoms with Crippen LogP contribution in [0.4, 0.5) is 8.78 Å². The summed E-state index contributed by atoms with van der Waals surface area (Å²) in [5.41, 5.74) is 0.633. The maximum Gasteiger partial charge on any atom is 0.387 e. The van der Waals surface area contributed by atoms with Crippen LogP contribution in [0, 0.1) is 0 Å². The Balaban J connectivity index is 2.18. The summed E-state index contributed by atoms with van der Waals surface area (Å²) in [5, 5.41) is 2.67. The van der Waals surface area contributed by atoms with E-state index in [0.717, 1.165) is 0 Å². The Labute approximate surface area is 110 Å². The lowest BCUT2D eigenvalue weighted by Gasteiger charge is -2.28. The molecule has 0 spiro atoms. The maximum absolute atomic E-state index is 12.1. The normalized spacial score (nSPS) is 26.3. The third kappa shape index (κ3) is 3.42. The molecule has 0 aliphatic carbocycles. The maximum atomic E-state index is 12.1. The Morgan fingerprint density at radius 1 is 1.42 bits per heavy atom. The van der Waals surface area contributed by atoms with Gasteiger partial charge in [-0.25, -0.2) is 8.42 Å². The lowest BCUT2D eigenvalue weighted by Crippen LogP contribution is -2.44. The number of rotatable bonds is 3. The number of halogens is 2. The number of alkyl halides is 2. The van der Waals surface area contributed by atoms with Crippen LogP contribution in [0.2, 0.25) is 0 Å². The van der Waals surface area contributed by atoms with Gasteiger partial charge in [0.15, 0.2) is 9.84 Å². The number of ether oxygens (including phenoxy) is 1. The average molecular weight is 291 g/mol. The number of nitrogens with one attached hydrogen (secondary N) is 1. The van der Waals surface area contributed by atoms with Crippen LogP contribution in [0.15, 0.2) is 24.3 Å². The summed E-state index contributed by atoms with van der Waals surface area (Å²) >= 11 is 0. The van der Waals surface area contributed by atoms with Gasteiger partial charge in [0.1, 0.15) is 5.75 Å². The second-order valence-electron chi connectivity index (χ2n) is 4.55. The van der Waals surface area contributed by atoms with E-state index in [1.54, 1.807) is 19.1 Å². The van der Waals surface area contributed by atoms with Gasteiger partial charge in [-0.2, -0.15) is 8.78 Å². The molecule has 0 saturated carbocycles. The van der Waals surface area contributed by atoms with E-state index in [1.807, 2.05) is 0 Å². The molecule has 1 heterocycles. The van der Waals surface area contributed by atoms with Gasteiger partial charge in [-0.15, -0.1) is 0 Å². The van der Waals surface area contributed by atoms with E-state index in [4.69, 9.17) is 0 Å². The molecule has 1 fully saturated rings. The summed E-state index contributed by atoms with van der Waals surface area (Å²) in [7, 11) is -3.15. The molecule has 1 saturated heterocycles. The van der Waals surface area contributed by atoms with E-state index in [9.17, 15) is 17.2 Å². The zero-order chi connectivity index (χ0) is 14.0. The van der Waals surface area contributed by atoms with Crippen molar-refractivity contribution < 1.29 is 21.9 Å². The Hall–Kier alpha value is -1.21. The van der Waals surface area contributed by atoms with Gasteiger partial charge in [0.25, 0.3) is 0 Å². The summed E-state index contributed by atoms with van der Waals surface area (Å²) in [6.07, 6.45) is 0. The first-order valence-corrected chi connectivity index (χ1v) is 7.60. The largest absolute Gasteiger partial charge is 0.435 e. The predicted molar refractivity (Wildman–Crippen MR) is 67.1 cm³/mol. The topological polar surface area (TPSA) is 55.4 Å². The minimum atomic E-state index is -3.15. The highest BCUT2D eigenvalue weighted by Crippen LogP contribution is 2.25. The lowest BCUT2D eigenvalue weighted by atomic mass is 10.1. The molecule has 0 bridgehead atoms. The molecule has 19 heavy (non-hydrogen) atoms. The van der Waals surface area contributed by atoms with Crippen molar-refractivity contribution in [1.29, 1.82) is 0 Å². The Kier molecular flexibility index (Phi) is 4.05. The second kappa shape index (κ2) is 5.42. The standard InChI is InChI=1S/C12H15F2NO3S/c1-8-6-15-11(7-19(8,16)17)9-3-2-4-10(5-9)18-12(13)14/h2-5,8,11-12,15H,6-7H2,1H3. The Morgan fingerprint density at radius 2 is 2.16 bits per heavy atom. The first kappa shape index (κ1) is 14.2. The summed E-state index contributed by atoms with van der Waals surface area (Å²) in [5.74, 6) is -0.00271. The van der Waals surface area contributed by atoms with Crippen molar-refractivity contribution in [3.63, 3.8) is 0 Å². The smallest absolute Gasteiger partial charge is 0.387 e. The number of benzene rings is 1. The van der Waals surface area contributed by atoms with Crippen molar-refractivity contribution in [1.82, 2.24) is 5.32 Å². The van der Waals surface area contributed by atoms with Crippen LogP contribution < -0.4 is 10.1 Å². The molecule has 2 rings (SSSR count). The van der Waals surface area contributed by atoms with Crippen LogP contribution in [0.1, 0.15) is 18.5 Å². The van der Waals surface area contributed by atoms with Crippen LogP contribution in [0.25, 0.3) is 0 Å². The molecule has 7 heteroatoms. The van der Waals surface area contributed by atoms with E-state index in [-0.39, 0.29) is 17.5 Å². The molecular formula is C12H15F2NO3S. The summed E-state index contributed by atoms with van der Waals surface area (Å²) in [6.45, 7) is -0.889. The number of sulfone groups is 1. The van der Waals surface area contributed by atoms with Crippen molar-refractivity contribution in [3.05, 3.63) is 29.8 Å². The molecule has 1 aliphatic rings. The fourth-order valence-corrected chi connectivity index (χ4v) is 3.47. The zero-order valence-corrected chi connectivity index (χ0v) is 11.2. The highest BCUT2D eigenvalue weighted by Gasteiger charge is 2.31. The van der Waals surface area contributed by atoms with Gasteiger partial charge in [-0.05, 0) is 24.6 Å². The van der Waals surface area contributed by atoms with E-state index < -0.39 is 21.7 Å². The van der Waals surface area contributed by atoms with Crippen LogP contribution >= 0.6 is 0 Å². The average Bonchev–Trinajstić information content (AvgIpc) is 2.32. The lowest BCUT2D eigenvalue weighted by molar-refractivity contribution is -0.0499. The monoisotopic (exact) mass is 291 g/mol. The number of hydrogen-bond acceptors (Lipinski definition) is 4. The molecule has 0 amide bonds. The van der Waals surface area contributed by atoms with Crippen LogP contribution in [0.3, 0.4) is 0 Å². The molecular weight excluding hydrogens is 276 g/mol. The van der Waals surface area contributed by atoms with Crippen LogP contribution in [0.5, 0.6) is 5.75 Å². The molecule has 0 radical (unpaired) electrons. The summed E-state index contributed by atoms with van der Waals surface area (Å²) < 4.78 is 52.3. The van der Waals surface area contributed by atoms with E-state index in [0.29, 0.717) is 12.1 Å². The quantitative estimate of drug-likeness (QED) is 0.921. The van der Waals surface area contributed by atoms with Gasteiger partial charge in [-0.3, -0.25) is 0 Å². The molecule has 2 atom stereocenters. The molecule has 1 aliphatic heterocycles. The van der Waals surface area contributed by atoms with Gasteiger partial charge in [0, 0.05) is 12.6 Å². The van der Waals surface area contributed by atoms with E-state index in [2.05, 4.69) is 10.1 Å². The highest BCUT2D eigenvalue weighted by molar-refractivity contribution is 7.92.